The van der Waals surface area contributed by atoms with Gasteiger partial charge in [-0.3, -0.25) is 19.2 Å². The fourth-order valence-corrected chi connectivity index (χ4v) is 5.90. The molecule has 2 aliphatic carbocycles. The van der Waals surface area contributed by atoms with Crippen LogP contribution < -0.4 is 10.5 Å². The Balaban J connectivity index is 1.66. The van der Waals surface area contributed by atoms with Crippen LogP contribution in [0.3, 0.4) is 0 Å². The number of carbonyl (C=O) groups excluding carboxylic acids is 4. The summed E-state index contributed by atoms with van der Waals surface area (Å²) in [5.74, 6) is -4.57. The number of esters is 1. The van der Waals surface area contributed by atoms with E-state index < -0.39 is 102 Å². The van der Waals surface area contributed by atoms with Crippen LogP contribution in [-0.4, -0.2) is 87.6 Å². The molecule has 3 aliphatic rings. The molecule has 0 spiro atoms. The SMILES string of the molecule is COc1cccc2c1C(=O)c1c(O)c3c(c(O)c1C2=O)C[C@@](O)(C(=O)COC(C)=O)C[C@H]3O[C@H]1C[C@@H](N)[C@H](O)[C@H](C)O1. The number of aliphatic hydroxyl groups is 2. The van der Waals surface area contributed by atoms with Gasteiger partial charge in [0.2, 0.25) is 11.6 Å². The standard InChI is InChI=1S/C29H31NO12/c1-11-24(33)15(30)7-19(41-11)42-17-9-29(38,18(32)10-40-12(2)31)8-14-21(17)28(37)23-22(26(14)35)25(34)13-5-4-6-16(39-3)20(13)27(23)36/h4-6,11,15,17,19,24,33,35,37-38H,7-10,30H2,1-3H3/t11-,15+,17+,19-,24+,29-/m0/s1. The van der Waals surface area contributed by atoms with Crippen molar-refractivity contribution in [2.75, 3.05) is 13.7 Å². The highest BCUT2D eigenvalue weighted by Gasteiger charge is 2.50. The minimum absolute atomic E-state index is 0.00314. The lowest BCUT2D eigenvalue weighted by atomic mass is 9.72. The van der Waals surface area contributed by atoms with Crippen molar-refractivity contribution in [3.05, 3.63) is 51.6 Å². The number of rotatable bonds is 6. The van der Waals surface area contributed by atoms with Gasteiger partial charge in [0.05, 0.1) is 42.1 Å². The van der Waals surface area contributed by atoms with Crippen LogP contribution in [0.15, 0.2) is 18.2 Å². The zero-order valence-corrected chi connectivity index (χ0v) is 23.1. The highest BCUT2D eigenvalue weighted by Crippen LogP contribution is 2.52. The molecule has 6 atom stereocenters. The van der Waals surface area contributed by atoms with Crippen LogP contribution in [0, 0.1) is 0 Å². The average Bonchev–Trinajstić information content (AvgIpc) is 2.94. The van der Waals surface area contributed by atoms with E-state index in [4.69, 9.17) is 24.7 Å². The second-order valence-corrected chi connectivity index (χ2v) is 10.8. The van der Waals surface area contributed by atoms with Crippen LogP contribution in [0.5, 0.6) is 17.2 Å². The fraction of sp³-hybridized carbons (Fsp3) is 0.448. The highest BCUT2D eigenvalue weighted by molar-refractivity contribution is 6.31. The Labute approximate surface area is 239 Å². The second kappa shape index (κ2) is 10.7. The van der Waals surface area contributed by atoms with E-state index >= 15 is 0 Å². The Morgan fingerprint density at radius 1 is 1.12 bits per heavy atom. The van der Waals surface area contributed by atoms with E-state index in [1.807, 2.05) is 0 Å². The van der Waals surface area contributed by atoms with Crippen molar-refractivity contribution in [3.8, 4) is 17.2 Å². The number of phenolic OH excluding ortho intramolecular Hbond substituents is 2. The Bertz CT molecular complexity index is 1490. The number of ether oxygens (including phenoxy) is 4. The topological polar surface area (TPSA) is 212 Å². The van der Waals surface area contributed by atoms with Gasteiger partial charge in [-0.25, -0.2) is 0 Å². The molecule has 0 saturated carbocycles. The molecule has 0 radical (unpaired) electrons. The van der Waals surface area contributed by atoms with Crippen molar-refractivity contribution in [2.45, 2.75) is 69.4 Å². The smallest absolute Gasteiger partial charge is 0.303 e. The Hall–Kier alpha value is -3.88. The van der Waals surface area contributed by atoms with E-state index in [1.54, 1.807) is 6.92 Å². The van der Waals surface area contributed by atoms with E-state index in [1.165, 1.54) is 25.3 Å². The number of carbonyl (C=O) groups is 4. The Morgan fingerprint density at radius 3 is 2.45 bits per heavy atom. The van der Waals surface area contributed by atoms with Crippen LogP contribution in [-0.2, 0) is 30.2 Å². The summed E-state index contributed by atoms with van der Waals surface area (Å²) < 4.78 is 21.9. The number of hydrogen-bond acceptors (Lipinski definition) is 13. The molecule has 42 heavy (non-hydrogen) atoms. The molecule has 1 fully saturated rings. The van der Waals surface area contributed by atoms with Gasteiger partial charge in [0, 0.05) is 48.9 Å². The van der Waals surface area contributed by atoms with Crippen LogP contribution in [0.25, 0.3) is 0 Å². The van der Waals surface area contributed by atoms with Crippen LogP contribution >= 0.6 is 0 Å². The number of fused-ring (bicyclic) bond motifs is 3. The maximum absolute atomic E-state index is 13.7. The van der Waals surface area contributed by atoms with Gasteiger partial charge in [-0.15, -0.1) is 0 Å². The maximum atomic E-state index is 13.7. The number of ketones is 3. The molecule has 5 rings (SSSR count). The summed E-state index contributed by atoms with van der Waals surface area (Å²) in [6, 6.07) is 3.59. The van der Waals surface area contributed by atoms with Gasteiger partial charge in [0.15, 0.2) is 18.7 Å². The molecule has 1 heterocycles. The monoisotopic (exact) mass is 585 g/mol. The number of Topliss-reactive ketones (excluding diaryl/α,β-unsaturated/α-hetero) is 1. The summed E-state index contributed by atoms with van der Waals surface area (Å²) in [5, 5.41) is 44.7. The third-order valence-electron chi connectivity index (χ3n) is 8.07. The first kappa shape index (κ1) is 29.6. The van der Waals surface area contributed by atoms with Gasteiger partial charge < -0.3 is 45.1 Å². The normalized spacial score (nSPS) is 28.4. The predicted molar refractivity (Wildman–Crippen MR) is 141 cm³/mol. The van der Waals surface area contributed by atoms with E-state index in [-0.39, 0.29) is 34.4 Å². The lowest BCUT2D eigenvalue weighted by Crippen LogP contribution is -2.53. The van der Waals surface area contributed by atoms with Crippen molar-refractivity contribution < 1.29 is 58.6 Å². The summed E-state index contributed by atoms with van der Waals surface area (Å²) in [6.07, 6.45) is -5.30. The van der Waals surface area contributed by atoms with Crippen LogP contribution in [0.1, 0.15) is 75.8 Å². The van der Waals surface area contributed by atoms with Crippen molar-refractivity contribution >= 4 is 23.3 Å². The van der Waals surface area contributed by atoms with Crippen LogP contribution in [0.2, 0.25) is 0 Å². The highest BCUT2D eigenvalue weighted by atomic mass is 16.7. The first-order valence-corrected chi connectivity index (χ1v) is 13.3. The van der Waals surface area contributed by atoms with Gasteiger partial charge in [-0.1, -0.05) is 12.1 Å². The van der Waals surface area contributed by atoms with Crippen molar-refractivity contribution in [1.29, 1.82) is 0 Å². The van der Waals surface area contributed by atoms with Crippen molar-refractivity contribution in [1.82, 2.24) is 0 Å². The maximum Gasteiger partial charge on any atom is 0.303 e. The molecule has 1 saturated heterocycles. The largest absolute Gasteiger partial charge is 0.507 e. The summed E-state index contributed by atoms with van der Waals surface area (Å²) in [4.78, 5) is 51.8. The molecule has 6 N–H and O–H groups in total. The minimum Gasteiger partial charge on any atom is -0.507 e. The number of phenols is 2. The summed E-state index contributed by atoms with van der Waals surface area (Å²) in [7, 11) is 1.32. The number of aliphatic hydroxyl groups excluding tert-OH is 1. The van der Waals surface area contributed by atoms with Gasteiger partial charge in [0.1, 0.15) is 22.8 Å². The molecule has 224 valence electrons. The molecule has 2 aromatic rings. The average molecular weight is 586 g/mol. The van der Waals surface area contributed by atoms with Gasteiger partial charge in [0.25, 0.3) is 0 Å². The third kappa shape index (κ3) is 4.72. The van der Waals surface area contributed by atoms with Gasteiger partial charge in [-0.05, 0) is 13.0 Å². The number of aromatic hydroxyl groups is 2. The Kier molecular flexibility index (Phi) is 7.58. The first-order chi connectivity index (χ1) is 19.8. The molecule has 1 aliphatic heterocycles. The molecule has 0 aromatic heterocycles. The summed E-state index contributed by atoms with van der Waals surface area (Å²) >= 11 is 0. The predicted octanol–water partition coefficient (Wildman–Crippen LogP) is 0.572. The Morgan fingerprint density at radius 2 is 1.81 bits per heavy atom. The lowest BCUT2D eigenvalue weighted by molar-refractivity contribution is -0.247. The number of nitrogens with two attached hydrogens (primary N) is 1. The van der Waals surface area contributed by atoms with Crippen molar-refractivity contribution in [2.24, 2.45) is 5.73 Å². The molecule has 13 heteroatoms. The molecule has 0 unspecified atom stereocenters. The molecule has 0 bridgehead atoms. The fourth-order valence-electron chi connectivity index (χ4n) is 5.90. The number of hydrogen-bond donors (Lipinski definition) is 5. The molecule has 0 amide bonds. The minimum atomic E-state index is -2.28. The molecule has 13 nitrogen and oxygen atoms in total. The first-order valence-electron chi connectivity index (χ1n) is 13.3. The second-order valence-electron chi connectivity index (χ2n) is 10.8. The van der Waals surface area contributed by atoms with Gasteiger partial charge >= 0.3 is 5.97 Å². The molecule has 2 aromatic carbocycles. The quantitative estimate of drug-likeness (QED) is 0.198. The zero-order chi connectivity index (χ0) is 30.7. The van der Waals surface area contributed by atoms with Gasteiger partial charge in [-0.2, -0.15) is 0 Å². The third-order valence-corrected chi connectivity index (χ3v) is 8.07. The van der Waals surface area contributed by atoms with E-state index in [0.717, 1.165) is 6.92 Å². The van der Waals surface area contributed by atoms with Crippen molar-refractivity contribution in [3.63, 3.8) is 0 Å². The summed E-state index contributed by atoms with van der Waals surface area (Å²) in [5.41, 5.74) is 2.26. The van der Waals surface area contributed by atoms with E-state index in [9.17, 15) is 39.6 Å². The zero-order valence-electron chi connectivity index (χ0n) is 23.1. The van der Waals surface area contributed by atoms with E-state index in [2.05, 4.69) is 0 Å². The van der Waals surface area contributed by atoms with Crippen LogP contribution in [0.4, 0.5) is 0 Å². The molecular weight excluding hydrogens is 554 g/mol. The number of methoxy groups -OCH3 is 1. The van der Waals surface area contributed by atoms with E-state index in [0.29, 0.717) is 0 Å². The molecular formula is C29H31NO12. The summed E-state index contributed by atoms with van der Waals surface area (Å²) in [6.45, 7) is 1.87. The lowest BCUT2D eigenvalue weighted by Gasteiger charge is -2.42. The number of benzene rings is 2.